The maximum absolute atomic E-state index is 12.8. The highest BCUT2D eigenvalue weighted by atomic mass is 19.4. The summed E-state index contributed by atoms with van der Waals surface area (Å²) in [6.45, 7) is 3.27. The van der Waals surface area contributed by atoms with Gasteiger partial charge in [0.2, 0.25) is 0 Å². The van der Waals surface area contributed by atoms with Gasteiger partial charge >= 0.3 is 6.18 Å². The average Bonchev–Trinajstić information content (AvgIpc) is 2.30. The molecule has 1 fully saturated rings. The van der Waals surface area contributed by atoms with Crippen LogP contribution in [0.1, 0.15) is 11.1 Å². The molecule has 2 rings (SSSR count). The summed E-state index contributed by atoms with van der Waals surface area (Å²) >= 11 is 0. The first kappa shape index (κ1) is 12.4. The van der Waals surface area contributed by atoms with E-state index in [1.54, 1.807) is 12.1 Å². The van der Waals surface area contributed by atoms with Crippen molar-refractivity contribution in [3.8, 4) is 0 Å². The molecule has 0 N–H and O–H groups in total. The highest BCUT2D eigenvalue weighted by molar-refractivity contribution is 5.29. The second-order valence-corrected chi connectivity index (χ2v) is 4.10. The van der Waals surface area contributed by atoms with Gasteiger partial charge in [0.25, 0.3) is 0 Å². The molecule has 0 aliphatic carbocycles. The van der Waals surface area contributed by atoms with Crippen molar-refractivity contribution in [2.75, 3.05) is 26.2 Å². The standard InChI is InChI=1S/C12H14F3N2/c13-12(14,15)11-4-2-1-3-10(11)9-17-7-5-16-6-8-17/h1-4H,5-9H2. The van der Waals surface area contributed by atoms with Gasteiger partial charge in [-0.05, 0) is 11.6 Å². The van der Waals surface area contributed by atoms with Crippen LogP contribution in [0.15, 0.2) is 24.3 Å². The number of benzene rings is 1. The quantitative estimate of drug-likeness (QED) is 0.777. The number of rotatable bonds is 2. The zero-order chi connectivity index (χ0) is 12.3. The molecule has 1 radical (unpaired) electrons. The zero-order valence-corrected chi connectivity index (χ0v) is 9.37. The van der Waals surface area contributed by atoms with E-state index in [-0.39, 0.29) is 0 Å². The van der Waals surface area contributed by atoms with Crippen LogP contribution in [0, 0.1) is 0 Å². The third-order valence-corrected chi connectivity index (χ3v) is 2.87. The normalized spacial score (nSPS) is 18.3. The molecule has 1 aliphatic rings. The van der Waals surface area contributed by atoms with E-state index in [9.17, 15) is 13.2 Å². The minimum absolute atomic E-state index is 0.349. The molecule has 1 aliphatic heterocycles. The topological polar surface area (TPSA) is 17.3 Å². The fourth-order valence-corrected chi connectivity index (χ4v) is 1.98. The van der Waals surface area contributed by atoms with Crippen LogP contribution in [0.5, 0.6) is 0 Å². The van der Waals surface area contributed by atoms with Gasteiger partial charge in [-0.2, -0.15) is 13.2 Å². The largest absolute Gasteiger partial charge is 0.416 e. The molecule has 0 atom stereocenters. The number of piperazine rings is 1. The van der Waals surface area contributed by atoms with Crippen LogP contribution in [0.25, 0.3) is 0 Å². The first-order chi connectivity index (χ1) is 8.07. The molecule has 0 spiro atoms. The molecule has 5 heteroatoms. The number of hydrogen-bond donors (Lipinski definition) is 0. The fraction of sp³-hybridized carbons (Fsp3) is 0.500. The van der Waals surface area contributed by atoms with E-state index in [0.717, 1.165) is 19.2 Å². The van der Waals surface area contributed by atoms with Gasteiger partial charge in [-0.25, -0.2) is 5.32 Å². The van der Waals surface area contributed by atoms with Crippen LogP contribution in [0.4, 0.5) is 13.2 Å². The molecule has 93 valence electrons. The zero-order valence-electron chi connectivity index (χ0n) is 9.37. The van der Waals surface area contributed by atoms with E-state index in [1.165, 1.54) is 6.07 Å². The summed E-state index contributed by atoms with van der Waals surface area (Å²) in [5.74, 6) is 0. The van der Waals surface area contributed by atoms with Crippen LogP contribution in [0.2, 0.25) is 0 Å². The van der Waals surface area contributed by atoms with Crippen molar-refractivity contribution in [2.24, 2.45) is 0 Å². The van der Waals surface area contributed by atoms with Crippen molar-refractivity contribution in [3.63, 3.8) is 0 Å². The predicted molar refractivity (Wildman–Crippen MR) is 58.6 cm³/mol. The molecular formula is C12H14F3N2. The Morgan fingerprint density at radius 1 is 1.12 bits per heavy atom. The highest BCUT2D eigenvalue weighted by Crippen LogP contribution is 2.32. The lowest BCUT2D eigenvalue weighted by Crippen LogP contribution is -2.39. The van der Waals surface area contributed by atoms with Crippen LogP contribution in [0.3, 0.4) is 0 Å². The maximum atomic E-state index is 12.8. The van der Waals surface area contributed by atoms with Gasteiger partial charge in [0, 0.05) is 32.7 Å². The Balaban J connectivity index is 2.14. The Bertz CT molecular complexity index is 370. The highest BCUT2D eigenvalue weighted by Gasteiger charge is 2.33. The van der Waals surface area contributed by atoms with Gasteiger partial charge < -0.3 is 0 Å². The van der Waals surface area contributed by atoms with Crippen molar-refractivity contribution < 1.29 is 13.2 Å². The summed E-state index contributed by atoms with van der Waals surface area (Å²) in [4.78, 5) is 2.01. The van der Waals surface area contributed by atoms with Crippen molar-refractivity contribution in [1.82, 2.24) is 10.2 Å². The van der Waals surface area contributed by atoms with Crippen molar-refractivity contribution >= 4 is 0 Å². The second-order valence-electron chi connectivity index (χ2n) is 4.10. The lowest BCUT2D eigenvalue weighted by molar-refractivity contribution is -0.138. The van der Waals surface area contributed by atoms with E-state index in [1.807, 2.05) is 4.90 Å². The van der Waals surface area contributed by atoms with Gasteiger partial charge in [-0.15, -0.1) is 0 Å². The van der Waals surface area contributed by atoms with E-state index >= 15 is 0 Å². The van der Waals surface area contributed by atoms with Gasteiger partial charge in [-0.1, -0.05) is 18.2 Å². The molecule has 17 heavy (non-hydrogen) atoms. The second kappa shape index (κ2) is 5.06. The van der Waals surface area contributed by atoms with Crippen molar-refractivity contribution in [1.29, 1.82) is 0 Å². The van der Waals surface area contributed by atoms with Crippen molar-refractivity contribution in [3.05, 3.63) is 35.4 Å². The molecule has 0 saturated carbocycles. The predicted octanol–water partition coefficient (Wildman–Crippen LogP) is 2.13. The first-order valence-corrected chi connectivity index (χ1v) is 5.58. The van der Waals surface area contributed by atoms with Crippen LogP contribution >= 0.6 is 0 Å². The van der Waals surface area contributed by atoms with Crippen LogP contribution in [-0.4, -0.2) is 31.1 Å². The van der Waals surface area contributed by atoms with Crippen molar-refractivity contribution in [2.45, 2.75) is 12.7 Å². The number of nitrogens with zero attached hydrogens (tertiary/aromatic N) is 2. The minimum Gasteiger partial charge on any atom is -0.296 e. The van der Waals surface area contributed by atoms with Gasteiger partial charge in [0.05, 0.1) is 5.56 Å². The lowest BCUT2D eigenvalue weighted by Gasteiger charge is -2.27. The molecule has 0 aromatic heterocycles. The number of halogens is 3. The Morgan fingerprint density at radius 3 is 2.41 bits per heavy atom. The monoisotopic (exact) mass is 243 g/mol. The summed E-state index contributed by atoms with van der Waals surface area (Å²) in [5.41, 5.74) is -0.176. The average molecular weight is 243 g/mol. The smallest absolute Gasteiger partial charge is 0.296 e. The van der Waals surface area contributed by atoms with Crippen LogP contribution < -0.4 is 5.32 Å². The molecule has 1 aromatic carbocycles. The maximum Gasteiger partial charge on any atom is 0.416 e. The van der Waals surface area contributed by atoms with Gasteiger partial charge in [-0.3, -0.25) is 4.90 Å². The van der Waals surface area contributed by atoms with Crippen LogP contribution in [-0.2, 0) is 12.7 Å². The molecule has 1 saturated heterocycles. The molecule has 1 aromatic rings. The summed E-state index contributed by atoms with van der Waals surface area (Å²) in [6, 6.07) is 5.77. The van der Waals surface area contributed by atoms with E-state index in [0.29, 0.717) is 25.2 Å². The molecule has 0 bridgehead atoms. The summed E-state index contributed by atoms with van der Waals surface area (Å²) < 4.78 is 38.3. The molecule has 0 unspecified atom stereocenters. The number of alkyl halides is 3. The Hall–Kier alpha value is -1.07. The Kier molecular flexibility index (Phi) is 3.69. The van der Waals surface area contributed by atoms with E-state index in [4.69, 9.17) is 0 Å². The minimum atomic E-state index is -4.27. The lowest BCUT2D eigenvalue weighted by atomic mass is 10.1. The SMILES string of the molecule is FC(F)(F)c1ccccc1CN1CC[N]CC1. The fourth-order valence-electron chi connectivity index (χ4n) is 1.98. The Morgan fingerprint density at radius 2 is 1.76 bits per heavy atom. The Labute approximate surface area is 98.4 Å². The number of hydrogen-bond acceptors (Lipinski definition) is 1. The van der Waals surface area contributed by atoms with Gasteiger partial charge in [0.15, 0.2) is 0 Å². The molecular weight excluding hydrogens is 229 g/mol. The molecule has 2 nitrogen and oxygen atoms in total. The van der Waals surface area contributed by atoms with E-state index < -0.39 is 11.7 Å². The molecule has 0 amide bonds. The summed E-state index contributed by atoms with van der Waals surface area (Å²) in [6.07, 6.45) is -4.27. The van der Waals surface area contributed by atoms with E-state index in [2.05, 4.69) is 5.32 Å². The third kappa shape index (κ3) is 3.20. The summed E-state index contributed by atoms with van der Waals surface area (Å²) in [5, 5.41) is 4.18. The molecule has 1 heterocycles. The third-order valence-electron chi connectivity index (χ3n) is 2.87. The first-order valence-electron chi connectivity index (χ1n) is 5.58. The summed E-state index contributed by atoms with van der Waals surface area (Å²) in [7, 11) is 0. The van der Waals surface area contributed by atoms with Gasteiger partial charge in [0.1, 0.15) is 0 Å².